The van der Waals surface area contributed by atoms with E-state index in [1.165, 1.54) is 12.5 Å². The summed E-state index contributed by atoms with van der Waals surface area (Å²) in [6, 6.07) is 3.07. The summed E-state index contributed by atoms with van der Waals surface area (Å²) < 4.78 is 25.7. The van der Waals surface area contributed by atoms with Gasteiger partial charge in [0.15, 0.2) is 21.3 Å². The highest BCUT2D eigenvalue weighted by Gasteiger charge is 2.20. The SMILES string of the molecule is CCS(=O)(=O)c1ccc(CCc2nc3cnc(-c4c(C)ncnc4C(C)C)nc3n(C(C)C)c2=O)nc1. The molecular weight excluding hydrogens is 490 g/mol. The summed E-state index contributed by atoms with van der Waals surface area (Å²) in [5, 5.41) is 0. The average molecular weight is 522 g/mol. The molecule has 194 valence electrons. The monoisotopic (exact) mass is 521 g/mol. The Morgan fingerprint density at radius 2 is 1.70 bits per heavy atom. The molecule has 0 spiro atoms. The van der Waals surface area contributed by atoms with Gasteiger partial charge >= 0.3 is 0 Å². The van der Waals surface area contributed by atoms with Crippen LogP contribution in [0.25, 0.3) is 22.6 Å². The molecule has 37 heavy (non-hydrogen) atoms. The molecule has 0 N–H and O–H groups in total. The van der Waals surface area contributed by atoms with Crippen molar-refractivity contribution in [3.63, 3.8) is 0 Å². The van der Waals surface area contributed by atoms with Gasteiger partial charge in [0.05, 0.1) is 33.8 Å². The van der Waals surface area contributed by atoms with Crippen LogP contribution in [-0.2, 0) is 22.7 Å². The van der Waals surface area contributed by atoms with Gasteiger partial charge in [0.1, 0.15) is 17.5 Å². The highest BCUT2D eigenvalue weighted by atomic mass is 32.2. The Morgan fingerprint density at radius 1 is 0.946 bits per heavy atom. The van der Waals surface area contributed by atoms with E-state index in [4.69, 9.17) is 4.98 Å². The van der Waals surface area contributed by atoms with Gasteiger partial charge in [0.2, 0.25) is 0 Å². The van der Waals surface area contributed by atoms with Crippen molar-refractivity contribution < 1.29 is 8.42 Å². The van der Waals surface area contributed by atoms with Crippen molar-refractivity contribution in [1.29, 1.82) is 0 Å². The Labute approximate surface area is 216 Å². The normalized spacial score (nSPS) is 12.1. The Bertz CT molecular complexity index is 1610. The second kappa shape index (κ2) is 10.4. The minimum absolute atomic E-state index is 0.0171. The number of nitrogens with zero attached hydrogens (tertiary/aromatic N) is 7. The number of aryl methyl sites for hydroxylation is 3. The van der Waals surface area contributed by atoms with E-state index in [0.717, 1.165) is 17.0 Å². The molecule has 0 aliphatic heterocycles. The molecule has 0 fully saturated rings. The maximum atomic E-state index is 13.5. The molecule has 0 amide bonds. The van der Waals surface area contributed by atoms with Crippen LogP contribution in [0.3, 0.4) is 0 Å². The first kappa shape index (κ1) is 26.5. The van der Waals surface area contributed by atoms with E-state index in [0.29, 0.717) is 41.2 Å². The van der Waals surface area contributed by atoms with Crippen LogP contribution in [0.2, 0.25) is 0 Å². The lowest BCUT2D eigenvalue weighted by Crippen LogP contribution is -2.28. The van der Waals surface area contributed by atoms with Gasteiger partial charge in [0, 0.05) is 24.4 Å². The van der Waals surface area contributed by atoms with Gasteiger partial charge < -0.3 is 0 Å². The number of pyridine rings is 1. The number of fused-ring (bicyclic) bond motifs is 1. The molecule has 0 atom stereocenters. The summed E-state index contributed by atoms with van der Waals surface area (Å²) in [5.41, 5.74) is 4.20. The molecule has 0 aromatic carbocycles. The fourth-order valence-electron chi connectivity index (χ4n) is 4.18. The molecular formula is C26H31N7O3S. The third kappa shape index (κ3) is 5.27. The minimum atomic E-state index is -3.31. The molecule has 0 unspecified atom stereocenters. The van der Waals surface area contributed by atoms with E-state index in [9.17, 15) is 13.2 Å². The van der Waals surface area contributed by atoms with Crippen molar-refractivity contribution in [1.82, 2.24) is 34.5 Å². The van der Waals surface area contributed by atoms with Crippen LogP contribution < -0.4 is 5.56 Å². The second-order valence-corrected chi connectivity index (χ2v) is 11.8. The molecule has 0 saturated heterocycles. The molecule has 0 saturated carbocycles. The summed E-state index contributed by atoms with van der Waals surface area (Å²) in [6.07, 6.45) is 5.33. The minimum Gasteiger partial charge on any atom is -0.287 e. The number of rotatable bonds is 8. The van der Waals surface area contributed by atoms with E-state index in [2.05, 4.69) is 38.8 Å². The maximum Gasteiger partial charge on any atom is 0.274 e. The van der Waals surface area contributed by atoms with Crippen molar-refractivity contribution >= 4 is 21.0 Å². The highest BCUT2D eigenvalue weighted by molar-refractivity contribution is 7.91. The van der Waals surface area contributed by atoms with E-state index in [-0.39, 0.29) is 28.2 Å². The highest BCUT2D eigenvalue weighted by Crippen LogP contribution is 2.28. The predicted octanol–water partition coefficient (Wildman–Crippen LogP) is 3.63. The quantitative estimate of drug-likeness (QED) is 0.341. The third-order valence-electron chi connectivity index (χ3n) is 6.21. The van der Waals surface area contributed by atoms with Gasteiger partial charge in [0.25, 0.3) is 5.56 Å². The Hall–Kier alpha value is -3.60. The standard InChI is InChI=1S/C26H31N7O3S/c1-7-37(35,36)19-10-8-18(27-12-19)9-11-20-26(34)33(16(4)5)25-21(31-20)13-28-24(32-25)22-17(6)29-14-30-23(22)15(2)3/h8,10,12-16H,7,9,11H2,1-6H3. The Morgan fingerprint density at radius 3 is 2.32 bits per heavy atom. The molecule has 0 aliphatic carbocycles. The van der Waals surface area contributed by atoms with E-state index in [1.807, 2.05) is 20.8 Å². The van der Waals surface area contributed by atoms with Gasteiger partial charge in [-0.2, -0.15) is 0 Å². The van der Waals surface area contributed by atoms with E-state index < -0.39 is 9.84 Å². The zero-order valence-electron chi connectivity index (χ0n) is 21.9. The van der Waals surface area contributed by atoms with E-state index in [1.54, 1.807) is 29.8 Å². The van der Waals surface area contributed by atoms with Crippen LogP contribution in [0.15, 0.2) is 40.5 Å². The number of hydrogen-bond donors (Lipinski definition) is 0. The first-order chi connectivity index (χ1) is 17.5. The molecule has 10 nitrogen and oxygen atoms in total. The number of sulfone groups is 1. The Kier molecular flexibility index (Phi) is 7.44. The lowest BCUT2D eigenvalue weighted by atomic mass is 10.0. The maximum absolute atomic E-state index is 13.5. The first-order valence-corrected chi connectivity index (χ1v) is 14.0. The topological polar surface area (TPSA) is 133 Å². The van der Waals surface area contributed by atoms with Crippen molar-refractivity contribution in [3.8, 4) is 11.4 Å². The summed E-state index contributed by atoms with van der Waals surface area (Å²) >= 11 is 0. The van der Waals surface area contributed by atoms with Crippen LogP contribution in [0.4, 0.5) is 0 Å². The van der Waals surface area contributed by atoms with Gasteiger partial charge in [-0.3, -0.25) is 14.3 Å². The van der Waals surface area contributed by atoms with Gasteiger partial charge in [-0.25, -0.2) is 33.3 Å². The number of aromatic nitrogens is 7. The largest absolute Gasteiger partial charge is 0.287 e. The predicted molar refractivity (Wildman–Crippen MR) is 141 cm³/mol. The second-order valence-electron chi connectivity index (χ2n) is 9.49. The van der Waals surface area contributed by atoms with Crippen LogP contribution in [0, 0.1) is 6.92 Å². The fraction of sp³-hybridized carbons (Fsp3) is 0.423. The summed E-state index contributed by atoms with van der Waals surface area (Å²) in [6.45, 7) is 11.4. The van der Waals surface area contributed by atoms with Crippen LogP contribution in [-0.4, -0.2) is 48.6 Å². The molecule has 4 rings (SSSR count). The fourth-order valence-corrected chi connectivity index (χ4v) is 5.00. The Balaban J connectivity index is 1.73. The van der Waals surface area contributed by atoms with Gasteiger partial charge in [-0.15, -0.1) is 0 Å². The van der Waals surface area contributed by atoms with Gasteiger partial charge in [-0.05, 0) is 45.2 Å². The first-order valence-electron chi connectivity index (χ1n) is 12.3. The zero-order valence-corrected chi connectivity index (χ0v) is 22.7. The van der Waals surface area contributed by atoms with Crippen molar-refractivity contribution in [2.45, 2.75) is 71.2 Å². The molecule has 0 bridgehead atoms. The molecule has 0 radical (unpaired) electrons. The molecule has 0 aliphatic rings. The summed E-state index contributed by atoms with van der Waals surface area (Å²) in [4.78, 5) is 40.7. The lowest BCUT2D eigenvalue weighted by molar-refractivity contribution is 0.584. The average Bonchev–Trinajstić information content (AvgIpc) is 2.87. The molecule has 11 heteroatoms. The van der Waals surface area contributed by atoms with Crippen LogP contribution in [0.5, 0.6) is 0 Å². The van der Waals surface area contributed by atoms with Gasteiger partial charge in [-0.1, -0.05) is 20.8 Å². The van der Waals surface area contributed by atoms with Crippen LogP contribution in [0.1, 0.15) is 69.4 Å². The number of hydrogen-bond acceptors (Lipinski definition) is 9. The lowest BCUT2D eigenvalue weighted by Gasteiger charge is -2.16. The van der Waals surface area contributed by atoms with E-state index >= 15 is 0 Å². The van der Waals surface area contributed by atoms with Crippen molar-refractivity contribution in [3.05, 3.63) is 64.0 Å². The summed E-state index contributed by atoms with van der Waals surface area (Å²) in [5.74, 6) is 0.626. The van der Waals surface area contributed by atoms with Crippen LogP contribution >= 0.6 is 0 Å². The molecule has 4 aromatic rings. The zero-order chi connectivity index (χ0) is 26.9. The molecule has 4 aromatic heterocycles. The molecule has 4 heterocycles. The smallest absolute Gasteiger partial charge is 0.274 e. The third-order valence-corrected chi connectivity index (χ3v) is 7.93. The van der Waals surface area contributed by atoms with Crippen molar-refractivity contribution in [2.75, 3.05) is 5.75 Å². The summed E-state index contributed by atoms with van der Waals surface area (Å²) in [7, 11) is -3.31. The van der Waals surface area contributed by atoms with Crippen molar-refractivity contribution in [2.24, 2.45) is 0 Å².